The number of anilines is 1. The third kappa shape index (κ3) is 5.91. The molecule has 1 amide bonds. The molecule has 0 unspecified atom stereocenters. The minimum Gasteiger partial charge on any atom is -0.495 e. The second-order valence-electron chi connectivity index (χ2n) is 8.21. The maximum Gasteiger partial charge on any atom is 0.268 e. The highest BCUT2D eigenvalue weighted by atomic mass is 32.2. The Morgan fingerprint density at radius 1 is 1.06 bits per heavy atom. The van der Waals surface area contributed by atoms with Crippen LogP contribution in [-0.2, 0) is 14.8 Å². The van der Waals surface area contributed by atoms with Crippen molar-refractivity contribution in [2.24, 2.45) is 0 Å². The molecule has 1 aliphatic carbocycles. The van der Waals surface area contributed by atoms with Crippen LogP contribution in [0, 0.1) is 13.8 Å². The number of nitrogens with one attached hydrogen (secondary N) is 1. The maximum atomic E-state index is 13.7. The van der Waals surface area contributed by atoms with Gasteiger partial charge in [-0.2, -0.15) is 0 Å². The fourth-order valence-corrected chi connectivity index (χ4v) is 5.48. The van der Waals surface area contributed by atoms with Crippen LogP contribution in [0.5, 0.6) is 5.75 Å². The zero-order valence-electron chi connectivity index (χ0n) is 19.1. The number of amides is 1. The molecular formula is C25H32N2O4S. The Morgan fingerprint density at radius 3 is 2.44 bits per heavy atom. The van der Waals surface area contributed by atoms with Gasteiger partial charge in [0.1, 0.15) is 17.2 Å². The van der Waals surface area contributed by atoms with E-state index in [4.69, 9.17) is 4.74 Å². The molecule has 0 aliphatic heterocycles. The van der Waals surface area contributed by atoms with E-state index in [2.05, 4.69) is 11.4 Å². The molecule has 172 valence electrons. The van der Waals surface area contributed by atoms with Crippen LogP contribution in [0.4, 0.5) is 5.69 Å². The predicted octanol–water partition coefficient (Wildman–Crippen LogP) is 4.51. The molecule has 0 saturated heterocycles. The number of methoxy groups -OCH3 is 1. The minimum absolute atomic E-state index is 0.0423. The molecule has 6 nitrogen and oxygen atoms in total. The van der Waals surface area contributed by atoms with Gasteiger partial charge in [-0.05, 0) is 75.8 Å². The molecule has 0 spiro atoms. The van der Waals surface area contributed by atoms with Crippen LogP contribution in [0.15, 0.2) is 59.0 Å². The highest BCUT2D eigenvalue weighted by Gasteiger charge is 2.30. The van der Waals surface area contributed by atoms with E-state index in [0.29, 0.717) is 12.2 Å². The largest absolute Gasteiger partial charge is 0.495 e. The van der Waals surface area contributed by atoms with Crippen molar-refractivity contribution >= 4 is 21.6 Å². The number of rotatable bonds is 9. The van der Waals surface area contributed by atoms with Gasteiger partial charge in [-0.1, -0.05) is 35.4 Å². The van der Waals surface area contributed by atoms with E-state index in [1.807, 2.05) is 26.0 Å². The average Bonchev–Trinajstić information content (AvgIpc) is 2.79. The third-order valence-corrected chi connectivity index (χ3v) is 7.44. The maximum absolute atomic E-state index is 13.7. The SMILES string of the molecule is COc1ccc(C)cc1S(=O)(=O)N(CC(=O)NCCC1=CCCCC1)c1ccc(C)cc1. The smallest absolute Gasteiger partial charge is 0.268 e. The molecule has 0 atom stereocenters. The molecule has 32 heavy (non-hydrogen) atoms. The van der Waals surface area contributed by atoms with Gasteiger partial charge in [0.25, 0.3) is 10.0 Å². The highest BCUT2D eigenvalue weighted by Crippen LogP contribution is 2.31. The Kier molecular flexibility index (Phi) is 7.96. The monoisotopic (exact) mass is 456 g/mol. The van der Waals surface area contributed by atoms with Crippen LogP contribution < -0.4 is 14.4 Å². The number of ether oxygens (including phenoxy) is 1. The topological polar surface area (TPSA) is 75.7 Å². The van der Waals surface area contributed by atoms with Crippen molar-refractivity contribution < 1.29 is 17.9 Å². The van der Waals surface area contributed by atoms with Crippen LogP contribution in [0.2, 0.25) is 0 Å². The van der Waals surface area contributed by atoms with E-state index < -0.39 is 10.0 Å². The second-order valence-corrected chi connectivity index (χ2v) is 10.0. The van der Waals surface area contributed by atoms with Crippen LogP contribution in [0.25, 0.3) is 0 Å². The minimum atomic E-state index is -4.04. The van der Waals surface area contributed by atoms with Gasteiger partial charge in [-0.3, -0.25) is 9.10 Å². The lowest BCUT2D eigenvalue weighted by molar-refractivity contribution is -0.119. The zero-order valence-corrected chi connectivity index (χ0v) is 19.9. The van der Waals surface area contributed by atoms with Gasteiger partial charge in [0, 0.05) is 6.54 Å². The first-order valence-corrected chi connectivity index (χ1v) is 12.4. The van der Waals surface area contributed by atoms with E-state index in [9.17, 15) is 13.2 Å². The van der Waals surface area contributed by atoms with Crippen molar-refractivity contribution in [3.8, 4) is 5.75 Å². The number of hydrogen-bond donors (Lipinski definition) is 1. The molecule has 1 aliphatic rings. The first-order valence-electron chi connectivity index (χ1n) is 11.0. The summed E-state index contributed by atoms with van der Waals surface area (Å²) in [6.45, 7) is 3.95. The molecule has 0 saturated carbocycles. The number of sulfonamides is 1. The quantitative estimate of drug-likeness (QED) is 0.563. The molecule has 1 N–H and O–H groups in total. The van der Waals surface area contributed by atoms with Gasteiger partial charge < -0.3 is 10.1 Å². The van der Waals surface area contributed by atoms with Gasteiger partial charge in [-0.25, -0.2) is 8.42 Å². The molecule has 0 aromatic heterocycles. The number of benzene rings is 2. The van der Waals surface area contributed by atoms with E-state index in [1.165, 1.54) is 25.5 Å². The van der Waals surface area contributed by atoms with Crippen molar-refractivity contribution in [2.75, 3.05) is 24.5 Å². The fraction of sp³-hybridized carbons (Fsp3) is 0.400. The molecule has 0 fully saturated rings. The van der Waals surface area contributed by atoms with E-state index >= 15 is 0 Å². The Hall–Kier alpha value is -2.80. The molecule has 3 rings (SSSR count). The number of aryl methyl sites for hydroxylation is 2. The summed E-state index contributed by atoms with van der Waals surface area (Å²) in [6.07, 6.45) is 7.64. The van der Waals surface area contributed by atoms with Gasteiger partial charge >= 0.3 is 0 Å². The summed E-state index contributed by atoms with van der Waals surface area (Å²) < 4.78 is 33.8. The van der Waals surface area contributed by atoms with Gasteiger partial charge in [-0.15, -0.1) is 0 Å². The summed E-state index contributed by atoms with van der Waals surface area (Å²) in [5.74, 6) is -0.0884. The number of carbonyl (C=O) groups excluding carboxylic acids is 1. The van der Waals surface area contributed by atoms with Crippen LogP contribution in [0.3, 0.4) is 0 Å². The Morgan fingerprint density at radius 2 is 1.78 bits per heavy atom. The summed E-state index contributed by atoms with van der Waals surface area (Å²) in [7, 11) is -2.60. The molecule has 0 bridgehead atoms. The average molecular weight is 457 g/mol. The molecule has 2 aromatic rings. The van der Waals surface area contributed by atoms with Crippen molar-refractivity contribution in [3.63, 3.8) is 0 Å². The van der Waals surface area contributed by atoms with Crippen molar-refractivity contribution in [1.82, 2.24) is 5.32 Å². The van der Waals surface area contributed by atoms with E-state index in [0.717, 1.165) is 34.7 Å². The van der Waals surface area contributed by atoms with Crippen molar-refractivity contribution in [1.29, 1.82) is 0 Å². The first-order chi connectivity index (χ1) is 15.3. The Bertz CT molecular complexity index is 1080. The third-order valence-electron chi connectivity index (χ3n) is 5.65. The zero-order chi connectivity index (χ0) is 23.1. The van der Waals surface area contributed by atoms with Crippen molar-refractivity contribution in [2.45, 2.75) is 50.8 Å². The summed E-state index contributed by atoms with van der Waals surface area (Å²) in [4.78, 5) is 12.8. The predicted molar refractivity (Wildman–Crippen MR) is 128 cm³/mol. The van der Waals surface area contributed by atoms with Gasteiger partial charge in [0.05, 0.1) is 12.8 Å². The highest BCUT2D eigenvalue weighted by molar-refractivity contribution is 7.93. The molecule has 2 aromatic carbocycles. The Balaban J connectivity index is 1.84. The number of nitrogens with zero attached hydrogens (tertiary/aromatic N) is 1. The van der Waals surface area contributed by atoms with Gasteiger partial charge in [0.2, 0.25) is 5.91 Å². The normalized spacial score (nSPS) is 13.9. The Labute approximate surface area is 191 Å². The second kappa shape index (κ2) is 10.7. The first kappa shape index (κ1) is 23.9. The van der Waals surface area contributed by atoms with E-state index in [1.54, 1.807) is 30.3 Å². The fourth-order valence-electron chi connectivity index (χ4n) is 3.81. The molecule has 0 radical (unpaired) electrons. The van der Waals surface area contributed by atoms with Crippen LogP contribution in [0.1, 0.15) is 43.2 Å². The van der Waals surface area contributed by atoms with Crippen LogP contribution >= 0.6 is 0 Å². The lowest BCUT2D eigenvalue weighted by Gasteiger charge is -2.25. The van der Waals surface area contributed by atoms with Gasteiger partial charge in [0.15, 0.2) is 0 Å². The summed E-state index contributed by atoms with van der Waals surface area (Å²) in [6, 6.07) is 12.1. The summed E-state index contributed by atoms with van der Waals surface area (Å²) >= 11 is 0. The standard InChI is InChI=1S/C25H32N2O4S/c1-19-9-12-22(13-10-19)27(18-25(28)26-16-15-21-7-5-4-6-8-21)32(29,30)24-17-20(2)11-14-23(24)31-3/h7,9-14,17H,4-6,8,15-16,18H2,1-3H3,(H,26,28). The number of hydrogen-bond acceptors (Lipinski definition) is 4. The molecular weight excluding hydrogens is 424 g/mol. The summed E-state index contributed by atoms with van der Waals surface area (Å²) in [5.41, 5.74) is 3.59. The lowest BCUT2D eigenvalue weighted by atomic mass is 9.97. The lowest BCUT2D eigenvalue weighted by Crippen LogP contribution is -2.41. The molecule has 7 heteroatoms. The van der Waals surface area contributed by atoms with Crippen LogP contribution in [-0.4, -0.2) is 34.5 Å². The van der Waals surface area contributed by atoms with Crippen molar-refractivity contribution in [3.05, 3.63) is 65.2 Å². The number of carbonyl (C=O) groups is 1. The molecule has 0 heterocycles. The summed E-state index contributed by atoms with van der Waals surface area (Å²) in [5, 5.41) is 2.89. The van der Waals surface area contributed by atoms with E-state index in [-0.39, 0.29) is 23.1 Å². The number of allylic oxidation sites excluding steroid dienone is 1.